The Labute approximate surface area is 281 Å². The summed E-state index contributed by atoms with van der Waals surface area (Å²) in [4.78, 5) is 17.4. The van der Waals surface area contributed by atoms with Gasteiger partial charge in [-0.1, -0.05) is 109 Å². The maximum atomic E-state index is 8.68. The van der Waals surface area contributed by atoms with E-state index in [2.05, 4.69) is 182 Å². The Balaban J connectivity index is 0.000000262. The van der Waals surface area contributed by atoms with Crippen molar-refractivity contribution in [3.05, 3.63) is 182 Å². The van der Waals surface area contributed by atoms with Gasteiger partial charge < -0.3 is 9.59 Å². The molecule has 6 rings (SSSR count). The second-order valence-corrected chi connectivity index (χ2v) is 14.3. The van der Waals surface area contributed by atoms with Crippen molar-refractivity contribution >= 4 is 60.2 Å². The summed E-state index contributed by atoms with van der Waals surface area (Å²) in [5, 5.41) is 8.61. The summed E-state index contributed by atoms with van der Waals surface area (Å²) in [6, 6.07) is 65.0. The van der Waals surface area contributed by atoms with Gasteiger partial charge in [0, 0.05) is 0 Å². The Morgan fingerprint density at radius 3 is 0.533 bits per heavy atom. The zero-order valence-corrected chi connectivity index (χ0v) is 28.4. The van der Waals surface area contributed by atoms with Gasteiger partial charge >= 0.3 is 16.5 Å². The van der Waals surface area contributed by atoms with Crippen molar-refractivity contribution < 1.29 is 26.1 Å². The largest absolute Gasteiger partial charge is 2.00 e. The molecule has 0 heterocycles. The van der Waals surface area contributed by atoms with Crippen molar-refractivity contribution in [1.82, 2.24) is 0 Å². The number of hydrogen-bond acceptors (Lipinski definition) is 2. The molecule has 6 aromatic carbocycles. The molecule has 228 valence electrons. The predicted molar refractivity (Wildman–Crippen MR) is 196 cm³/mol. The molecule has 0 radical (unpaired) electrons. The summed E-state index contributed by atoms with van der Waals surface area (Å²) in [7, 11) is -1.75. The van der Waals surface area contributed by atoms with Crippen LogP contribution in [0, 0.1) is 0 Å². The van der Waals surface area contributed by atoms with Crippen molar-refractivity contribution in [2.45, 2.75) is 13.8 Å². The molecule has 0 aliphatic heterocycles. The van der Waals surface area contributed by atoms with Gasteiger partial charge in [0.2, 0.25) is 0 Å². The van der Waals surface area contributed by atoms with Gasteiger partial charge in [0.1, 0.15) is 31.8 Å². The minimum atomic E-state index is -0.877. The molecular weight excluding hydrogens is 633 g/mol. The smallest absolute Gasteiger partial charge is 0.542 e. The van der Waals surface area contributed by atoms with Gasteiger partial charge in [0.25, 0.3) is 0 Å². The molecule has 0 saturated heterocycles. The zero-order valence-electron chi connectivity index (χ0n) is 25.5. The predicted octanol–water partition coefficient (Wildman–Crippen LogP) is 6.58. The molecule has 0 saturated carbocycles. The van der Waals surface area contributed by atoms with Gasteiger partial charge in [-0.2, -0.15) is 13.8 Å². The molecule has 2 nitrogen and oxygen atoms in total. The Hall–Kier alpha value is -3.99. The van der Waals surface area contributed by atoms with Crippen LogP contribution in [0.1, 0.15) is 13.8 Å². The first kappa shape index (κ1) is 37.2. The number of benzene rings is 6. The van der Waals surface area contributed by atoms with Crippen LogP contribution in [0.4, 0.5) is 0 Å². The quantitative estimate of drug-likeness (QED) is 0.114. The molecule has 0 unspecified atom stereocenters. The van der Waals surface area contributed by atoms with Crippen LogP contribution in [-0.2, 0) is 26.1 Å². The van der Waals surface area contributed by atoms with E-state index in [9.17, 15) is 0 Å². The van der Waals surface area contributed by atoms with Crippen molar-refractivity contribution in [3.8, 4) is 0 Å². The average Bonchev–Trinajstić information content (AvgIpc) is 3.09. The fraction of sp³-hybridized carbons (Fsp3) is 0.0500. The molecule has 5 heteroatoms. The Morgan fingerprint density at radius 1 is 0.311 bits per heavy atom. The van der Waals surface area contributed by atoms with E-state index in [0.717, 1.165) is 0 Å². The normalized spacial score (nSPS) is 9.51. The molecule has 0 aliphatic rings. The van der Waals surface area contributed by atoms with Crippen molar-refractivity contribution in [3.63, 3.8) is 0 Å². The Morgan fingerprint density at radius 2 is 0.422 bits per heavy atom. The molecule has 0 atom stereocenters. The Bertz CT molecular complexity index is 1280. The third-order valence-electron chi connectivity index (χ3n) is 6.37. The van der Waals surface area contributed by atoms with Crippen LogP contribution in [-0.4, -0.2) is 12.6 Å². The van der Waals surface area contributed by atoms with E-state index in [0.29, 0.717) is 0 Å². The molecule has 0 spiro atoms. The van der Waals surface area contributed by atoms with E-state index in [1.54, 1.807) is 0 Å². The third kappa shape index (κ3) is 12.5. The first-order valence-corrected chi connectivity index (χ1v) is 17.4. The number of rotatable bonds is 6. The topological polar surface area (TPSA) is 34.1 Å². The van der Waals surface area contributed by atoms with Crippen molar-refractivity contribution in [2.75, 3.05) is 0 Å². The van der Waals surface area contributed by atoms with Gasteiger partial charge in [-0.25, -0.2) is 0 Å². The van der Waals surface area contributed by atoms with E-state index < -0.39 is 15.8 Å². The van der Waals surface area contributed by atoms with Crippen LogP contribution >= 0.6 is 15.8 Å². The summed E-state index contributed by atoms with van der Waals surface area (Å²) < 4.78 is 0. The van der Waals surface area contributed by atoms with Crippen LogP contribution in [0.5, 0.6) is 0 Å². The number of carbonyl (C=O) groups excluding carboxylic acids is 2. The molecule has 0 aromatic heterocycles. The van der Waals surface area contributed by atoms with E-state index in [-0.39, 0.29) is 16.5 Å². The van der Waals surface area contributed by atoms with E-state index >= 15 is 0 Å². The molecule has 0 bridgehead atoms. The standard InChI is InChI=1S/2C18H15P.2C2H3O.Ni/c2*1-4-10-16(11-5-1)19(17-12-6-2-7-13-17)18-14-8-3-9-15-18;2*1-2-3;/h2*1-15H;2*1H3;/q;;2*-1;+2/p+2. The van der Waals surface area contributed by atoms with Crippen LogP contribution in [0.3, 0.4) is 0 Å². The van der Waals surface area contributed by atoms with Crippen LogP contribution in [0.15, 0.2) is 182 Å². The minimum Gasteiger partial charge on any atom is -0.542 e. The van der Waals surface area contributed by atoms with Crippen molar-refractivity contribution in [2.24, 2.45) is 0 Å². The molecule has 6 aromatic rings. The summed E-state index contributed by atoms with van der Waals surface area (Å²) >= 11 is 0. The molecule has 0 amide bonds. The first-order valence-electron chi connectivity index (χ1n) is 14.4. The molecule has 45 heavy (non-hydrogen) atoms. The van der Waals surface area contributed by atoms with Crippen LogP contribution in [0.25, 0.3) is 0 Å². The summed E-state index contributed by atoms with van der Waals surface area (Å²) in [5.74, 6) is 0. The van der Waals surface area contributed by atoms with Crippen molar-refractivity contribution in [1.29, 1.82) is 0 Å². The Kier molecular flexibility index (Phi) is 18.6. The van der Waals surface area contributed by atoms with E-state index in [1.807, 2.05) is 0 Å². The molecular formula is C40H38NiO2P2+2. The van der Waals surface area contributed by atoms with Crippen LogP contribution in [0.2, 0.25) is 0 Å². The molecule has 0 N–H and O–H groups in total. The van der Waals surface area contributed by atoms with E-state index in [4.69, 9.17) is 9.59 Å². The first-order chi connectivity index (χ1) is 21.7. The summed E-state index contributed by atoms with van der Waals surface area (Å²) in [6.07, 6.45) is 3.00. The molecule has 0 fully saturated rings. The second-order valence-electron chi connectivity index (χ2n) is 9.35. The minimum absolute atomic E-state index is 0. The van der Waals surface area contributed by atoms with Gasteiger partial charge in [-0.05, 0) is 72.8 Å². The van der Waals surface area contributed by atoms with Crippen LogP contribution < -0.4 is 31.8 Å². The van der Waals surface area contributed by atoms with E-state index in [1.165, 1.54) is 58.2 Å². The van der Waals surface area contributed by atoms with Gasteiger partial charge in [-0.15, -0.1) is 0 Å². The summed E-state index contributed by atoms with van der Waals surface area (Å²) in [5.41, 5.74) is 0. The summed E-state index contributed by atoms with van der Waals surface area (Å²) in [6.45, 7) is 2.64. The zero-order chi connectivity index (χ0) is 31.2. The molecule has 0 aliphatic carbocycles. The maximum Gasteiger partial charge on any atom is 2.00 e. The van der Waals surface area contributed by atoms with Gasteiger partial charge in [-0.3, -0.25) is 12.6 Å². The SMILES string of the molecule is C[C-]=O.C[C-]=O.[Ni+2].c1ccc([PH+](c2ccccc2)c2ccccc2)cc1.c1ccc([PH+](c2ccccc2)c2ccccc2)cc1. The van der Waals surface area contributed by atoms with Gasteiger partial charge in [0.05, 0.1) is 15.8 Å². The monoisotopic (exact) mass is 670 g/mol. The maximum absolute atomic E-state index is 8.68. The average molecular weight is 671 g/mol. The second kappa shape index (κ2) is 22.5. The number of hydrogen-bond donors (Lipinski definition) is 0. The fourth-order valence-electron chi connectivity index (χ4n) is 4.63. The third-order valence-corrected chi connectivity index (χ3v) is 11.8. The fourth-order valence-corrected chi connectivity index (χ4v) is 9.78. The van der Waals surface area contributed by atoms with Gasteiger partial charge in [0.15, 0.2) is 0 Å².